The Hall–Kier alpha value is -4.12. The Balaban J connectivity index is 1.26. The van der Waals surface area contributed by atoms with Crippen molar-refractivity contribution in [2.75, 3.05) is 31.5 Å². The molecule has 1 aliphatic heterocycles. The van der Waals surface area contributed by atoms with E-state index < -0.39 is 0 Å². The number of nitrogens with zero attached hydrogens (tertiary/aromatic N) is 3. The van der Waals surface area contributed by atoms with Crippen LogP contribution >= 0.6 is 0 Å². The minimum atomic E-state index is 0.467. The number of fused-ring (bicyclic) bond motifs is 2. The van der Waals surface area contributed by atoms with Gasteiger partial charge in [-0.1, -0.05) is 6.07 Å². The lowest BCUT2D eigenvalue weighted by atomic mass is 10.1. The second-order valence-electron chi connectivity index (χ2n) is 9.73. The van der Waals surface area contributed by atoms with Crippen LogP contribution in [0.15, 0.2) is 65.5 Å². The number of nitriles is 1. The first-order chi connectivity index (χ1) is 18.2. The number of aromatic amines is 1. The number of aryl methyl sites for hydroxylation is 1. The molecule has 7 heteroatoms. The summed E-state index contributed by atoms with van der Waals surface area (Å²) in [5.41, 5.74) is 7.08. The highest BCUT2D eigenvalue weighted by molar-refractivity contribution is 5.92. The summed E-state index contributed by atoms with van der Waals surface area (Å²) in [7, 11) is 0. The number of H-pyrrole nitrogens is 1. The van der Waals surface area contributed by atoms with Gasteiger partial charge in [-0.25, -0.2) is 0 Å². The highest BCUT2D eigenvalue weighted by Crippen LogP contribution is 2.37. The second-order valence-corrected chi connectivity index (χ2v) is 9.73. The third-order valence-corrected chi connectivity index (χ3v) is 7.31. The van der Waals surface area contributed by atoms with Gasteiger partial charge in [-0.3, -0.25) is 4.98 Å². The fraction of sp³-hybridized carbons (Fsp3) is 0.267. The molecule has 6 rings (SSSR count). The molecule has 0 saturated carbocycles. The molecule has 1 saturated heterocycles. The molecule has 5 aromatic rings. The van der Waals surface area contributed by atoms with Crippen molar-refractivity contribution < 1.29 is 4.42 Å². The van der Waals surface area contributed by atoms with Crippen LogP contribution in [0.5, 0.6) is 0 Å². The third kappa shape index (κ3) is 4.69. The minimum Gasteiger partial charge on any atom is -0.456 e. The molecule has 3 N–H and O–H groups in total. The normalized spacial score (nSPS) is 13.9. The predicted molar refractivity (Wildman–Crippen MR) is 148 cm³/mol. The zero-order valence-electron chi connectivity index (χ0n) is 21.0. The number of aromatic nitrogens is 2. The second kappa shape index (κ2) is 10.1. The van der Waals surface area contributed by atoms with Crippen LogP contribution in [0.3, 0.4) is 0 Å². The van der Waals surface area contributed by atoms with E-state index >= 15 is 0 Å². The van der Waals surface area contributed by atoms with Crippen LogP contribution in [0.25, 0.3) is 33.2 Å². The molecule has 37 heavy (non-hydrogen) atoms. The molecule has 2 aromatic carbocycles. The fourth-order valence-corrected chi connectivity index (χ4v) is 5.23. The van der Waals surface area contributed by atoms with E-state index in [0.717, 1.165) is 58.3 Å². The van der Waals surface area contributed by atoms with Gasteiger partial charge in [-0.2, -0.15) is 5.26 Å². The number of furan rings is 1. The zero-order chi connectivity index (χ0) is 25.2. The lowest BCUT2D eigenvalue weighted by Gasteiger charge is -2.14. The van der Waals surface area contributed by atoms with Crippen molar-refractivity contribution >= 4 is 33.2 Å². The first-order valence-electron chi connectivity index (χ1n) is 12.9. The molecule has 7 nitrogen and oxygen atoms in total. The molecule has 3 aromatic heterocycles. The van der Waals surface area contributed by atoms with Crippen LogP contribution in [-0.4, -0.2) is 41.0 Å². The lowest BCUT2D eigenvalue weighted by molar-refractivity contribution is 0.335. The summed E-state index contributed by atoms with van der Waals surface area (Å²) >= 11 is 0. The Morgan fingerprint density at radius 1 is 1.11 bits per heavy atom. The van der Waals surface area contributed by atoms with E-state index in [4.69, 9.17) is 4.42 Å². The van der Waals surface area contributed by atoms with E-state index in [1.54, 1.807) is 12.4 Å². The topological polar surface area (TPSA) is 92.9 Å². The van der Waals surface area contributed by atoms with Crippen molar-refractivity contribution in [1.29, 1.82) is 5.26 Å². The van der Waals surface area contributed by atoms with Crippen molar-refractivity contribution in [3.63, 3.8) is 0 Å². The van der Waals surface area contributed by atoms with E-state index in [-0.39, 0.29) is 0 Å². The maximum absolute atomic E-state index is 9.85. The van der Waals surface area contributed by atoms with Gasteiger partial charge in [0.05, 0.1) is 16.8 Å². The van der Waals surface area contributed by atoms with Crippen LogP contribution in [-0.2, 0) is 6.54 Å². The van der Waals surface area contributed by atoms with Crippen molar-refractivity contribution in [3.05, 3.63) is 77.7 Å². The number of benzene rings is 2. The first kappa shape index (κ1) is 23.3. The van der Waals surface area contributed by atoms with Crippen LogP contribution in [0.1, 0.15) is 29.5 Å². The number of likely N-dealkylation sites (tertiary alicyclic amines) is 1. The Kier molecular flexibility index (Phi) is 6.35. The molecule has 0 unspecified atom stereocenters. The van der Waals surface area contributed by atoms with Crippen LogP contribution < -0.4 is 10.6 Å². The first-order valence-corrected chi connectivity index (χ1v) is 12.9. The Labute approximate surface area is 216 Å². The Bertz CT molecular complexity index is 1600. The molecule has 1 aliphatic rings. The maximum atomic E-state index is 9.85. The van der Waals surface area contributed by atoms with Gasteiger partial charge in [0.25, 0.3) is 0 Å². The molecule has 1 fully saturated rings. The van der Waals surface area contributed by atoms with E-state index in [1.165, 1.54) is 31.5 Å². The number of anilines is 2. The molecule has 0 atom stereocenters. The summed E-state index contributed by atoms with van der Waals surface area (Å²) in [5, 5.41) is 19.1. The van der Waals surface area contributed by atoms with Crippen LogP contribution in [0.4, 0.5) is 11.4 Å². The molecule has 0 spiro atoms. The number of rotatable bonds is 8. The van der Waals surface area contributed by atoms with Gasteiger partial charge in [0, 0.05) is 60.2 Å². The molecule has 0 bridgehead atoms. The summed E-state index contributed by atoms with van der Waals surface area (Å²) in [6.07, 6.45) is 7.93. The molecular formula is C30H30N6O. The molecule has 186 valence electrons. The van der Waals surface area contributed by atoms with Crippen molar-refractivity contribution in [1.82, 2.24) is 20.2 Å². The summed E-state index contributed by atoms with van der Waals surface area (Å²) in [4.78, 5) is 10.1. The fourth-order valence-electron chi connectivity index (χ4n) is 5.23. The van der Waals surface area contributed by atoms with Crippen molar-refractivity contribution in [2.24, 2.45) is 0 Å². The summed E-state index contributed by atoms with van der Waals surface area (Å²) < 4.78 is 6.25. The van der Waals surface area contributed by atoms with E-state index in [2.05, 4.69) is 56.7 Å². The van der Waals surface area contributed by atoms with Gasteiger partial charge in [-0.15, -0.1) is 0 Å². The standard InChI is InChI=1S/C30H30N6O/c1-20-24-8-9-34-27(24)6-5-26(20)35-30-23(16-31)18-33-19-25(30)29-15-22-14-21(4-7-28(22)37-29)17-32-10-13-36-11-2-3-12-36/h4-9,14-15,18-19,32,34H,2-3,10-13,17H2,1H3,(H,33,35). The SMILES string of the molecule is Cc1c(Nc2c(C#N)cncc2-c2cc3cc(CNCCN4CCCC4)ccc3o2)ccc2[nH]ccc12. The Morgan fingerprint density at radius 2 is 2.00 bits per heavy atom. The molecule has 0 radical (unpaired) electrons. The van der Waals surface area contributed by atoms with E-state index in [0.29, 0.717) is 17.0 Å². The summed E-state index contributed by atoms with van der Waals surface area (Å²) in [6, 6.07) is 16.8. The molecule has 4 heterocycles. The summed E-state index contributed by atoms with van der Waals surface area (Å²) in [5.74, 6) is 0.682. The van der Waals surface area contributed by atoms with E-state index in [9.17, 15) is 5.26 Å². The minimum absolute atomic E-state index is 0.467. The highest BCUT2D eigenvalue weighted by atomic mass is 16.3. The Morgan fingerprint density at radius 3 is 2.86 bits per heavy atom. The quantitative estimate of drug-likeness (QED) is 0.228. The van der Waals surface area contributed by atoms with Gasteiger partial charge in [0.1, 0.15) is 17.4 Å². The monoisotopic (exact) mass is 490 g/mol. The average molecular weight is 491 g/mol. The van der Waals surface area contributed by atoms with Gasteiger partial charge in [0.15, 0.2) is 0 Å². The van der Waals surface area contributed by atoms with Gasteiger partial charge < -0.3 is 24.9 Å². The number of nitrogens with one attached hydrogen (secondary N) is 3. The molecule has 0 amide bonds. The number of hydrogen-bond donors (Lipinski definition) is 3. The van der Waals surface area contributed by atoms with Gasteiger partial charge in [0.2, 0.25) is 0 Å². The predicted octanol–water partition coefficient (Wildman–Crippen LogP) is 6.09. The average Bonchev–Trinajstić information content (AvgIpc) is 3.69. The smallest absolute Gasteiger partial charge is 0.139 e. The maximum Gasteiger partial charge on any atom is 0.139 e. The third-order valence-electron chi connectivity index (χ3n) is 7.31. The van der Waals surface area contributed by atoms with Crippen molar-refractivity contribution in [3.8, 4) is 17.4 Å². The largest absolute Gasteiger partial charge is 0.456 e. The molecule has 0 aliphatic carbocycles. The van der Waals surface area contributed by atoms with Gasteiger partial charge in [-0.05, 0) is 80.4 Å². The zero-order valence-corrected chi connectivity index (χ0v) is 21.0. The number of pyridine rings is 1. The summed E-state index contributed by atoms with van der Waals surface area (Å²) in [6.45, 7) is 7.45. The number of hydrogen-bond acceptors (Lipinski definition) is 6. The van der Waals surface area contributed by atoms with E-state index in [1.807, 2.05) is 30.5 Å². The highest BCUT2D eigenvalue weighted by Gasteiger charge is 2.17. The van der Waals surface area contributed by atoms with Crippen LogP contribution in [0, 0.1) is 18.3 Å². The molecular weight excluding hydrogens is 460 g/mol. The lowest BCUT2D eigenvalue weighted by Crippen LogP contribution is -2.29. The van der Waals surface area contributed by atoms with Crippen LogP contribution in [0.2, 0.25) is 0 Å². The van der Waals surface area contributed by atoms with Crippen molar-refractivity contribution in [2.45, 2.75) is 26.3 Å². The van der Waals surface area contributed by atoms with Gasteiger partial charge >= 0.3 is 0 Å².